The molecule has 0 aliphatic rings. The molecule has 5 aromatic rings. The molecule has 4 heterocycles. The van der Waals surface area contributed by atoms with Crippen LogP contribution in [0.1, 0.15) is 22.4 Å². The van der Waals surface area contributed by atoms with E-state index in [0.717, 1.165) is 44.7 Å². The van der Waals surface area contributed by atoms with E-state index in [2.05, 4.69) is 44.7 Å². The lowest BCUT2D eigenvalue weighted by Crippen LogP contribution is -2.07. The van der Waals surface area contributed by atoms with Crippen LogP contribution in [-0.4, -0.2) is 21.5 Å². The quantitative estimate of drug-likeness (QED) is 0.325. The van der Waals surface area contributed by atoms with Crippen molar-refractivity contribution in [1.82, 2.24) is 15.0 Å². The average molecular weight is 437 g/mol. The Morgan fingerprint density at radius 1 is 1.10 bits per heavy atom. The molecule has 0 atom stereocenters. The number of rotatable bonds is 5. The lowest BCUT2D eigenvalue weighted by Gasteiger charge is -2.07. The van der Waals surface area contributed by atoms with Crippen LogP contribution in [0, 0.1) is 26.6 Å². The molecule has 0 amide bonds. The number of hydrogen-bond donors (Lipinski definition) is 2. The normalized spacial score (nSPS) is 11.6. The molecule has 0 aliphatic carbocycles. The number of hydrogen-bond acceptors (Lipinski definition) is 5. The molecule has 30 heavy (non-hydrogen) atoms. The third-order valence-corrected chi connectivity index (χ3v) is 7.76. The van der Waals surface area contributed by atoms with Crippen LogP contribution in [-0.2, 0) is 6.42 Å². The molecule has 5 rings (SSSR count). The van der Waals surface area contributed by atoms with Crippen LogP contribution >= 0.6 is 22.7 Å². The molecular formula is C23H21FN4S2. The van der Waals surface area contributed by atoms with Gasteiger partial charge < -0.3 is 10.3 Å². The summed E-state index contributed by atoms with van der Waals surface area (Å²) in [5.41, 5.74) is 6.09. The van der Waals surface area contributed by atoms with Crippen LogP contribution in [0.25, 0.3) is 30.9 Å². The van der Waals surface area contributed by atoms with Crippen molar-refractivity contribution < 1.29 is 4.39 Å². The lowest BCUT2D eigenvalue weighted by atomic mass is 10.0. The summed E-state index contributed by atoms with van der Waals surface area (Å²) in [6.07, 6.45) is 2.39. The number of fused-ring (bicyclic) bond motifs is 2. The van der Waals surface area contributed by atoms with Gasteiger partial charge in [-0.3, -0.25) is 0 Å². The highest BCUT2D eigenvalue weighted by molar-refractivity contribution is 7.26. The Balaban J connectivity index is 1.41. The van der Waals surface area contributed by atoms with Crippen molar-refractivity contribution in [1.29, 1.82) is 0 Å². The van der Waals surface area contributed by atoms with Crippen LogP contribution in [0.2, 0.25) is 0 Å². The molecule has 1 aromatic carbocycles. The highest BCUT2D eigenvalue weighted by atomic mass is 32.1. The van der Waals surface area contributed by atoms with Gasteiger partial charge in [-0.25, -0.2) is 14.4 Å². The molecule has 7 heteroatoms. The van der Waals surface area contributed by atoms with Crippen molar-refractivity contribution in [3.05, 3.63) is 64.2 Å². The van der Waals surface area contributed by atoms with E-state index >= 15 is 0 Å². The van der Waals surface area contributed by atoms with E-state index in [1.165, 1.54) is 21.4 Å². The molecule has 0 unspecified atom stereocenters. The van der Waals surface area contributed by atoms with Crippen LogP contribution in [0.3, 0.4) is 0 Å². The van der Waals surface area contributed by atoms with Gasteiger partial charge in [0.15, 0.2) is 0 Å². The first-order chi connectivity index (χ1) is 14.5. The molecule has 0 saturated carbocycles. The van der Waals surface area contributed by atoms with Gasteiger partial charge in [0.1, 0.15) is 18.0 Å². The van der Waals surface area contributed by atoms with Crippen LogP contribution in [0.15, 0.2) is 36.0 Å². The molecular weight excluding hydrogens is 415 g/mol. The predicted octanol–water partition coefficient (Wildman–Crippen LogP) is 6.62. The number of aromatic nitrogens is 3. The summed E-state index contributed by atoms with van der Waals surface area (Å²) < 4.78 is 15.3. The Morgan fingerprint density at radius 3 is 2.77 bits per heavy atom. The van der Waals surface area contributed by atoms with E-state index in [1.807, 2.05) is 19.9 Å². The molecule has 152 valence electrons. The van der Waals surface area contributed by atoms with Crippen molar-refractivity contribution in [3.8, 4) is 9.75 Å². The second-order valence-electron chi connectivity index (χ2n) is 7.56. The molecule has 0 saturated heterocycles. The maximum Gasteiger partial charge on any atom is 0.147 e. The van der Waals surface area contributed by atoms with Gasteiger partial charge in [0, 0.05) is 27.4 Å². The first-order valence-corrected chi connectivity index (χ1v) is 11.5. The summed E-state index contributed by atoms with van der Waals surface area (Å²) in [7, 11) is 0. The Bertz CT molecular complexity index is 1380. The van der Waals surface area contributed by atoms with Crippen molar-refractivity contribution in [2.45, 2.75) is 27.2 Å². The average Bonchev–Trinajstić information content (AvgIpc) is 3.42. The first-order valence-electron chi connectivity index (χ1n) is 9.81. The number of aromatic amines is 1. The van der Waals surface area contributed by atoms with Gasteiger partial charge in [-0.15, -0.1) is 22.7 Å². The Labute approximate surface area is 181 Å². The smallest absolute Gasteiger partial charge is 0.147 e. The van der Waals surface area contributed by atoms with Crippen molar-refractivity contribution >= 4 is 49.6 Å². The zero-order valence-corrected chi connectivity index (χ0v) is 18.6. The zero-order chi connectivity index (χ0) is 20.8. The maximum absolute atomic E-state index is 14.2. The van der Waals surface area contributed by atoms with Crippen molar-refractivity contribution in [2.24, 2.45) is 0 Å². The zero-order valence-electron chi connectivity index (χ0n) is 17.0. The number of halogens is 1. The van der Waals surface area contributed by atoms with E-state index < -0.39 is 0 Å². The molecule has 0 spiro atoms. The number of H-pyrrole nitrogens is 1. The van der Waals surface area contributed by atoms with Gasteiger partial charge in [-0.2, -0.15) is 0 Å². The minimum atomic E-state index is -0.203. The van der Waals surface area contributed by atoms with Gasteiger partial charge in [0.25, 0.3) is 0 Å². The summed E-state index contributed by atoms with van der Waals surface area (Å²) in [5.74, 6) is 0.648. The van der Waals surface area contributed by atoms with Gasteiger partial charge in [-0.05, 0) is 67.5 Å². The van der Waals surface area contributed by atoms with Gasteiger partial charge in [-0.1, -0.05) is 6.07 Å². The standard InChI is InChI=1S/C23H21FN4S2/c1-12-8-18(29-10-12)19-9-17-22(30-19)23(27-11-26-17)25-7-6-15-14(3)28-21-16(24)5-4-13(2)20(15)21/h4-5,8-11,28H,6-7H2,1-3H3,(H,25,26,27). The Kier molecular flexibility index (Phi) is 4.79. The topological polar surface area (TPSA) is 53.6 Å². The largest absolute Gasteiger partial charge is 0.368 e. The summed E-state index contributed by atoms with van der Waals surface area (Å²) in [4.78, 5) is 14.6. The summed E-state index contributed by atoms with van der Waals surface area (Å²) in [6, 6.07) is 7.71. The fourth-order valence-corrected chi connectivity index (χ4v) is 5.99. The molecule has 4 nitrogen and oxygen atoms in total. The summed E-state index contributed by atoms with van der Waals surface area (Å²) in [5, 5.41) is 6.64. The minimum Gasteiger partial charge on any atom is -0.368 e. The predicted molar refractivity (Wildman–Crippen MR) is 125 cm³/mol. The highest BCUT2D eigenvalue weighted by Crippen LogP contribution is 2.38. The second kappa shape index (κ2) is 7.49. The molecule has 4 aromatic heterocycles. The van der Waals surface area contributed by atoms with E-state index in [-0.39, 0.29) is 5.82 Å². The fourth-order valence-electron chi connectivity index (χ4n) is 3.92. The summed E-state index contributed by atoms with van der Waals surface area (Å²) in [6.45, 7) is 6.85. The molecule has 0 aliphatic heterocycles. The van der Waals surface area contributed by atoms with Gasteiger partial charge in [0.2, 0.25) is 0 Å². The van der Waals surface area contributed by atoms with Gasteiger partial charge in [0.05, 0.1) is 15.7 Å². The SMILES string of the molecule is Cc1csc(-c2cc3ncnc(NCCc4c(C)[nH]c5c(F)ccc(C)c45)c3s2)c1. The fraction of sp³-hybridized carbons (Fsp3) is 0.217. The Hall–Kier alpha value is -2.77. The molecule has 0 fully saturated rings. The van der Waals surface area contributed by atoms with E-state index in [1.54, 1.807) is 29.0 Å². The van der Waals surface area contributed by atoms with E-state index in [9.17, 15) is 4.39 Å². The number of thiophene rings is 2. The van der Waals surface area contributed by atoms with Crippen LogP contribution in [0.5, 0.6) is 0 Å². The third kappa shape index (κ3) is 3.28. The number of nitrogens with one attached hydrogen (secondary N) is 2. The number of benzene rings is 1. The third-order valence-electron chi connectivity index (χ3n) is 5.38. The lowest BCUT2D eigenvalue weighted by molar-refractivity contribution is 0.637. The Morgan fingerprint density at radius 2 is 1.97 bits per heavy atom. The van der Waals surface area contributed by atoms with E-state index in [4.69, 9.17) is 0 Å². The first kappa shape index (κ1) is 19.2. The highest BCUT2D eigenvalue weighted by Gasteiger charge is 2.15. The van der Waals surface area contributed by atoms with E-state index in [0.29, 0.717) is 12.1 Å². The summed E-state index contributed by atoms with van der Waals surface area (Å²) >= 11 is 3.47. The molecule has 0 radical (unpaired) electrons. The van der Waals surface area contributed by atoms with Crippen LogP contribution < -0.4 is 5.32 Å². The van der Waals surface area contributed by atoms with Gasteiger partial charge >= 0.3 is 0 Å². The van der Waals surface area contributed by atoms with Crippen molar-refractivity contribution in [2.75, 3.05) is 11.9 Å². The number of nitrogens with zero attached hydrogens (tertiary/aromatic N) is 2. The van der Waals surface area contributed by atoms with Crippen LogP contribution in [0.4, 0.5) is 10.2 Å². The minimum absolute atomic E-state index is 0.203. The number of aryl methyl sites for hydroxylation is 3. The molecule has 2 N–H and O–H groups in total. The maximum atomic E-state index is 14.2. The second-order valence-corrected chi connectivity index (χ2v) is 9.52. The number of anilines is 1. The monoisotopic (exact) mass is 436 g/mol. The molecule has 0 bridgehead atoms. The van der Waals surface area contributed by atoms with Crippen molar-refractivity contribution in [3.63, 3.8) is 0 Å².